The van der Waals surface area contributed by atoms with Crippen LogP contribution in [0.4, 0.5) is 0 Å². The third kappa shape index (κ3) is 2.20. The van der Waals surface area contributed by atoms with Crippen molar-refractivity contribution in [1.82, 2.24) is 0 Å². The van der Waals surface area contributed by atoms with Crippen LogP contribution in [0.5, 0.6) is 11.5 Å². The topological polar surface area (TPSA) is 29.5 Å². The Bertz CT molecular complexity index is 478. The van der Waals surface area contributed by atoms with Crippen LogP contribution in [0.25, 0.3) is 0 Å². The molecule has 0 amide bonds. The molecule has 0 aromatic heterocycles. The number of ether oxygens (including phenoxy) is 1. The Morgan fingerprint density at radius 2 is 1.94 bits per heavy atom. The first-order valence-electron chi connectivity index (χ1n) is 6.39. The van der Waals surface area contributed by atoms with Crippen LogP contribution in [-0.4, -0.2) is 17.0 Å². The number of rotatable bonds is 2. The summed E-state index contributed by atoms with van der Waals surface area (Å²) < 4.78 is 6.20. The molecule has 1 aliphatic heterocycles. The van der Waals surface area contributed by atoms with E-state index in [1.807, 2.05) is 13.8 Å². The average molecular weight is 266 g/mol. The maximum atomic E-state index is 10.2. The van der Waals surface area contributed by atoms with Gasteiger partial charge in [0.25, 0.3) is 0 Å². The van der Waals surface area contributed by atoms with E-state index in [1.54, 1.807) is 11.8 Å². The molecule has 3 heteroatoms. The summed E-state index contributed by atoms with van der Waals surface area (Å²) >= 11 is 1.77. The number of phenolic OH excluding ortho intramolecular Hbond substituents is 1. The van der Waals surface area contributed by atoms with Gasteiger partial charge in [-0.25, -0.2) is 0 Å². The molecule has 100 valence electrons. The number of benzene rings is 1. The standard InChI is InChI=1S/C15H22O2S/c1-9-11-6-7-15(3,4)17-14(11)12(8-18-5)10(2)13(9)16/h16H,6-8H2,1-5H3. The van der Waals surface area contributed by atoms with Crippen molar-refractivity contribution in [3.63, 3.8) is 0 Å². The van der Waals surface area contributed by atoms with E-state index in [2.05, 4.69) is 20.1 Å². The Balaban J connectivity index is 2.63. The highest BCUT2D eigenvalue weighted by Crippen LogP contribution is 2.44. The summed E-state index contributed by atoms with van der Waals surface area (Å²) in [7, 11) is 0. The van der Waals surface area contributed by atoms with Crippen LogP contribution in [0, 0.1) is 13.8 Å². The highest BCUT2D eigenvalue weighted by atomic mass is 32.2. The summed E-state index contributed by atoms with van der Waals surface area (Å²) in [5, 5.41) is 10.2. The molecule has 2 nitrogen and oxygen atoms in total. The van der Waals surface area contributed by atoms with E-state index in [0.717, 1.165) is 41.0 Å². The number of phenols is 1. The summed E-state index contributed by atoms with van der Waals surface area (Å²) in [4.78, 5) is 0. The van der Waals surface area contributed by atoms with Gasteiger partial charge in [-0.15, -0.1) is 0 Å². The maximum Gasteiger partial charge on any atom is 0.128 e. The van der Waals surface area contributed by atoms with Crippen molar-refractivity contribution >= 4 is 11.8 Å². The van der Waals surface area contributed by atoms with Crippen molar-refractivity contribution in [3.8, 4) is 11.5 Å². The Labute approximate surface area is 114 Å². The van der Waals surface area contributed by atoms with Gasteiger partial charge in [-0.3, -0.25) is 0 Å². The molecule has 0 bridgehead atoms. The molecule has 0 atom stereocenters. The summed E-state index contributed by atoms with van der Waals surface area (Å²) in [6.07, 6.45) is 4.07. The van der Waals surface area contributed by atoms with Gasteiger partial charge < -0.3 is 9.84 Å². The number of thioether (sulfide) groups is 1. The number of aromatic hydroxyl groups is 1. The van der Waals surface area contributed by atoms with Gasteiger partial charge in [-0.2, -0.15) is 11.8 Å². The van der Waals surface area contributed by atoms with Crippen molar-refractivity contribution in [2.75, 3.05) is 6.26 Å². The second-order valence-electron chi connectivity index (χ2n) is 5.68. The van der Waals surface area contributed by atoms with E-state index < -0.39 is 0 Å². The Morgan fingerprint density at radius 1 is 1.28 bits per heavy atom. The first-order valence-corrected chi connectivity index (χ1v) is 7.78. The molecule has 1 aromatic rings. The predicted octanol–water partition coefficient (Wildman–Crippen LogP) is 3.98. The largest absolute Gasteiger partial charge is 0.507 e. The number of fused-ring (bicyclic) bond motifs is 1. The molecule has 1 aromatic carbocycles. The highest BCUT2D eigenvalue weighted by molar-refractivity contribution is 7.97. The molecule has 0 saturated carbocycles. The zero-order valence-corrected chi connectivity index (χ0v) is 12.7. The third-order valence-electron chi connectivity index (χ3n) is 3.81. The van der Waals surface area contributed by atoms with Gasteiger partial charge in [0.15, 0.2) is 0 Å². The lowest BCUT2D eigenvalue weighted by atomic mass is 9.88. The zero-order valence-electron chi connectivity index (χ0n) is 11.9. The SMILES string of the molecule is CSCc1c(C)c(O)c(C)c2c1OC(C)(C)CC2. The predicted molar refractivity (Wildman–Crippen MR) is 77.8 cm³/mol. The molecule has 1 aliphatic rings. The normalized spacial score (nSPS) is 17.2. The third-order valence-corrected chi connectivity index (χ3v) is 4.39. The molecule has 0 radical (unpaired) electrons. The highest BCUT2D eigenvalue weighted by Gasteiger charge is 2.31. The van der Waals surface area contributed by atoms with Crippen LogP contribution in [0.3, 0.4) is 0 Å². The second-order valence-corrected chi connectivity index (χ2v) is 6.55. The molecule has 0 aliphatic carbocycles. The number of hydrogen-bond donors (Lipinski definition) is 1. The first kappa shape index (κ1) is 13.6. The summed E-state index contributed by atoms with van der Waals surface area (Å²) in [5.41, 5.74) is 4.21. The lowest BCUT2D eigenvalue weighted by Gasteiger charge is -2.35. The van der Waals surface area contributed by atoms with Crippen LogP contribution in [0.15, 0.2) is 0 Å². The van der Waals surface area contributed by atoms with E-state index in [1.165, 1.54) is 5.56 Å². The van der Waals surface area contributed by atoms with E-state index in [0.29, 0.717) is 5.75 Å². The van der Waals surface area contributed by atoms with Gasteiger partial charge in [0.1, 0.15) is 17.1 Å². The molecule has 1 heterocycles. The molecule has 0 spiro atoms. The molecular formula is C15H22O2S. The van der Waals surface area contributed by atoms with E-state index in [9.17, 15) is 5.11 Å². The molecular weight excluding hydrogens is 244 g/mol. The van der Waals surface area contributed by atoms with Crippen molar-refractivity contribution in [2.45, 2.75) is 51.9 Å². The Morgan fingerprint density at radius 3 is 2.56 bits per heavy atom. The number of hydrogen-bond acceptors (Lipinski definition) is 3. The molecule has 0 saturated heterocycles. The molecule has 2 rings (SSSR count). The van der Waals surface area contributed by atoms with E-state index in [-0.39, 0.29) is 5.60 Å². The van der Waals surface area contributed by atoms with E-state index >= 15 is 0 Å². The van der Waals surface area contributed by atoms with Gasteiger partial charge in [0, 0.05) is 16.9 Å². The molecule has 18 heavy (non-hydrogen) atoms. The van der Waals surface area contributed by atoms with Crippen LogP contribution in [0.2, 0.25) is 0 Å². The van der Waals surface area contributed by atoms with Crippen LogP contribution < -0.4 is 4.74 Å². The van der Waals surface area contributed by atoms with Crippen LogP contribution in [0.1, 0.15) is 42.5 Å². The molecule has 0 unspecified atom stereocenters. The van der Waals surface area contributed by atoms with Crippen molar-refractivity contribution in [1.29, 1.82) is 0 Å². The second kappa shape index (κ2) is 4.69. The van der Waals surface area contributed by atoms with Crippen LogP contribution in [-0.2, 0) is 12.2 Å². The first-order chi connectivity index (χ1) is 8.37. The van der Waals surface area contributed by atoms with E-state index in [4.69, 9.17) is 4.74 Å². The smallest absolute Gasteiger partial charge is 0.128 e. The fourth-order valence-corrected chi connectivity index (χ4v) is 3.22. The van der Waals surface area contributed by atoms with Crippen molar-refractivity contribution in [3.05, 3.63) is 22.3 Å². The fraction of sp³-hybridized carbons (Fsp3) is 0.600. The maximum absolute atomic E-state index is 10.2. The quantitative estimate of drug-likeness (QED) is 0.878. The van der Waals surface area contributed by atoms with Gasteiger partial charge in [-0.1, -0.05) is 0 Å². The van der Waals surface area contributed by atoms with Gasteiger partial charge in [0.05, 0.1) is 0 Å². The van der Waals surface area contributed by atoms with Crippen molar-refractivity contribution < 1.29 is 9.84 Å². The minimum atomic E-state index is -0.101. The lowest BCUT2D eigenvalue weighted by Crippen LogP contribution is -2.33. The van der Waals surface area contributed by atoms with Gasteiger partial charge in [-0.05, 0) is 57.9 Å². The van der Waals surface area contributed by atoms with Gasteiger partial charge in [0.2, 0.25) is 0 Å². The minimum absolute atomic E-state index is 0.101. The Hall–Kier alpha value is -0.830. The van der Waals surface area contributed by atoms with Crippen LogP contribution >= 0.6 is 11.8 Å². The summed E-state index contributed by atoms with van der Waals surface area (Å²) in [6, 6.07) is 0. The lowest BCUT2D eigenvalue weighted by molar-refractivity contribution is 0.0830. The van der Waals surface area contributed by atoms with Gasteiger partial charge >= 0.3 is 0 Å². The average Bonchev–Trinajstić information content (AvgIpc) is 2.31. The molecule has 1 N–H and O–H groups in total. The Kier molecular flexibility index (Phi) is 3.54. The zero-order chi connectivity index (χ0) is 13.5. The fourth-order valence-electron chi connectivity index (χ4n) is 2.59. The summed E-state index contributed by atoms with van der Waals surface area (Å²) in [6.45, 7) is 8.25. The monoisotopic (exact) mass is 266 g/mol. The molecule has 0 fully saturated rings. The minimum Gasteiger partial charge on any atom is -0.507 e. The summed E-state index contributed by atoms with van der Waals surface area (Å²) in [5.74, 6) is 2.35. The van der Waals surface area contributed by atoms with Crippen molar-refractivity contribution in [2.24, 2.45) is 0 Å².